The summed E-state index contributed by atoms with van der Waals surface area (Å²) in [6.45, 7) is 2.22. The van der Waals surface area contributed by atoms with Crippen LogP contribution in [0.1, 0.15) is 58.3 Å². The standard InChI is InChI=1S/C10H20OS.H3N/c1-2-3-4-5-6-7-8-9-10(11)12;/h2-9H2,1H3,(H,11,12);1H3/p+1. The van der Waals surface area contributed by atoms with Crippen LogP contribution in [-0.2, 0) is 4.79 Å². The van der Waals surface area contributed by atoms with Gasteiger partial charge in [0.2, 0.25) is 0 Å². The summed E-state index contributed by atoms with van der Waals surface area (Å²) in [6, 6.07) is 0. The summed E-state index contributed by atoms with van der Waals surface area (Å²) in [6.07, 6.45) is 9.48. The first-order chi connectivity index (χ1) is 5.77. The summed E-state index contributed by atoms with van der Waals surface area (Å²) in [4.78, 5) is 10.4. The lowest BCUT2D eigenvalue weighted by molar-refractivity contribution is -0.110. The van der Waals surface area contributed by atoms with E-state index in [4.69, 9.17) is 0 Å². The number of rotatable bonds is 8. The fourth-order valence-corrected chi connectivity index (χ4v) is 1.39. The first-order valence-electron chi connectivity index (χ1n) is 4.99. The van der Waals surface area contributed by atoms with Crippen LogP contribution in [0, 0.1) is 0 Å². The summed E-state index contributed by atoms with van der Waals surface area (Å²) < 4.78 is 0. The summed E-state index contributed by atoms with van der Waals surface area (Å²) in [5.74, 6) is 0. The molecule has 0 rings (SSSR count). The van der Waals surface area contributed by atoms with E-state index in [9.17, 15) is 4.79 Å². The molecule has 0 amide bonds. The molecule has 0 radical (unpaired) electrons. The van der Waals surface area contributed by atoms with Crippen LogP contribution in [0.5, 0.6) is 0 Å². The molecular weight excluding hydrogens is 182 g/mol. The molecular formula is C10H24NOS+. The molecule has 0 aliphatic rings. The third kappa shape index (κ3) is 14.8. The van der Waals surface area contributed by atoms with Gasteiger partial charge in [0.15, 0.2) is 5.12 Å². The SMILES string of the molecule is CCCCCCCCCC(=O)S.[NH4+]. The Hall–Kier alpha value is -0.0200. The molecule has 0 saturated carbocycles. The molecule has 0 aromatic carbocycles. The van der Waals surface area contributed by atoms with E-state index < -0.39 is 0 Å². The molecule has 0 aromatic rings. The average Bonchev–Trinajstić information content (AvgIpc) is 2.02. The number of quaternary nitrogens is 1. The van der Waals surface area contributed by atoms with Crippen molar-refractivity contribution in [3.8, 4) is 0 Å². The van der Waals surface area contributed by atoms with Crippen LogP contribution in [0.15, 0.2) is 0 Å². The van der Waals surface area contributed by atoms with Crippen molar-refractivity contribution in [1.29, 1.82) is 0 Å². The Bertz CT molecular complexity index is 117. The maximum atomic E-state index is 10.4. The number of hydrogen-bond acceptors (Lipinski definition) is 1. The van der Waals surface area contributed by atoms with E-state index in [0.717, 1.165) is 6.42 Å². The van der Waals surface area contributed by atoms with Gasteiger partial charge in [0, 0.05) is 6.42 Å². The molecule has 2 nitrogen and oxygen atoms in total. The minimum atomic E-state index is 0. The molecule has 3 heteroatoms. The van der Waals surface area contributed by atoms with Gasteiger partial charge in [-0.25, -0.2) is 0 Å². The molecule has 0 heterocycles. The number of thiol groups is 1. The van der Waals surface area contributed by atoms with Gasteiger partial charge in [0.25, 0.3) is 0 Å². The van der Waals surface area contributed by atoms with Crippen LogP contribution in [0.4, 0.5) is 0 Å². The second-order valence-electron chi connectivity index (χ2n) is 3.27. The van der Waals surface area contributed by atoms with Crippen LogP contribution in [-0.4, -0.2) is 5.12 Å². The summed E-state index contributed by atoms with van der Waals surface area (Å²) in [5.41, 5.74) is 0. The van der Waals surface area contributed by atoms with Gasteiger partial charge in [0.05, 0.1) is 0 Å². The Balaban J connectivity index is 0. The van der Waals surface area contributed by atoms with Gasteiger partial charge < -0.3 is 6.15 Å². The highest BCUT2D eigenvalue weighted by atomic mass is 32.1. The molecule has 0 saturated heterocycles. The van der Waals surface area contributed by atoms with Gasteiger partial charge in [-0.05, 0) is 6.42 Å². The molecule has 0 unspecified atom stereocenters. The van der Waals surface area contributed by atoms with Crippen LogP contribution in [0.25, 0.3) is 0 Å². The Kier molecular flexibility index (Phi) is 14.2. The van der Waals surface area contributed by atoms with Gasteiger partial charge in [-0.1, -0.05) is 45.4 Å². The van der Waals surface area contributed by atoms with E-state index in [2.05, 4.69) is 19.6 Å². The second-order valence-corrected chi connectivity index (χ2v) is 3.76. The first kappa shape index (κ1) is 15.5. The van der Waals surface area contributed by atoms with E-state index >= 15 is 0 Å². The van der Waals surface area contributed by atoms with Crippen molar-refractivity contribution < 1.29 is 4.79 Å². The Morgan fingerprint density at radius 2 is 1.46 bits per heavy atom. The van der Waals surface area contributed by atoms with Crippen molar-refractivity contribution in [2.24, 2.45) is 0 Å². The van der Waals surface area contributed by atoms with E-state index in [1.807, 2.05) is 0 Å². The fourth-order valence-electron chi connectivity index (χ4n) is 1.23. The quantitative estimate of drug-likeness (QED) is 0.458. The number of hydrogen-bond donors (Lipinski definition) is 2. The molecule has 0 fully saturated rings. The Morgan fingerprint density at radius 3 is 1.92 bits per heavy atom. The van der Waals surface area contributed by atoms with E-state index in [1.165, 1.54) is 38.5 Å². The van der Waals surface area contributed by atoms with Crippen molar-refractivity contribution >= 4 is 17.7 Å². The highest BCUT2D eigenvalue weighted by Gasteiger charge is 1.94. The maximum Gasteiger partial charge on any atom is 0.185 e. The fraction of sp³-hybridized carbons (Fsp3) is 0.900. The van der Waals surface area contributed by atoms with Crippen LogP contribution < -0.4 is 6.15 Å². The summed E-state index contributed by atoms with van der Waals surface area (Å²) >= 11 is 3.72. The lowest BCUT2D eigenvalue weighted by atomic mass is 10.1. The minimum absolute atomic E-state index is 0. The largest absolute Gasteiger partial charge is 0.369 e. The summed E-state index contributed by atoms with van der Waals surface area (Å²) in [5, 5.41) is 0.0311. The van der Waals surface area contributed by atoms with Crippen molar-refractivity contribution in [1.82, 2.24) is 6.15 Å². The third-order valence-electron chi connectivity index (χ3n) is 1.99. The van der Waals surface area contributed by atoms with E-state index in [-0.39, 0.29) is 11.3 Å². The predicted molar refractivity (Wildman–Crippen MR) is 62.6 cm³/mol. The molecule has 0 aromatic heterocycles. The monoisotopic (exact) mass is 206 g/mol. The Morgan fingerprint density at radius 1 is 1.00 bits per heavy atom. The van der Waals surface area contributed by atoms with E-state index in [0.29, 0.717) is 6.42 Å². The molecule has 0 bridgehead atoms. The third-order valence-corrected chi connectivity index (χ3v) is 2.22. The first-order valence-corrected chi connectivity index (χ1v) is 5.44. The second kappa shape index (κ2) is 12.0. The lowest BCUT2D eigenvalue weighted by Gasteiger charge is -1.98. The van der Waals surface area contributed by atoms with Gasteiger partial charge in [-0.2, -0.15) is 0 Å². The van der Waals surface area contributed by atoms with Crippen molar-refractivity contribution in [2.75, 3.05) is 0 Å². The molecule has 0 aliphatic heterocycles. The van der Waals surface area contributed by atoms with Gasteiger partial charge in [0.1, 0.15) is 0 Å². The number of carbonyl (C=O) groups is 1. The van der Waals surface area contributed by atoms with Crippen LogP contribution >= 0.6 is 12.6 Å². The zero-order valence-corrected chi connectivity index (χ0v) is 9.91. The van der Waals surface area contributed by atoms with Crippen LogP contribution in [0.3, 0.4) is 0 Å². The summed E-state index contributed by atoms with van der Waals surface area (Å²) in [7, 11) is 0. The zero-order chi connectivity index (χ0) is 9.23. The van der Waals surface area contributed by atoms with Gasteiger partial charge >= 0.3 is 0 Å². The van der Waals surface area contributed by atoms with Crippen molar-refractivity contribution in [3.05, 3.63) is 0 Å². The van der Waals surface area contributed by atoms with Crippen molar-refractivity contribution in [3.63, 3.8) is 0 Å². The highest BCUT2D eigenvalue weighted by Crippen LogP contribution is 2.08. The lowest BCUT2D eigenvalue weighted by Crippen LogP contribution is -1.86. The topological polar surface area (TPSA) is 53.6 Å². The highest BCUT2D eigenvalue weighted by molar-refractivity contribution is 7.96. The predicted octanol–water partition coefficient (Wildman–Crippen LogP) is 3.96. The molecule has 4 N–H and O–H groups in total. The smallest absolute Gasteiger partial charge is 0.185 e. The molecule has 13 heavy (non-hydrogen) atoms. The van der Waals surface area contributed by atoms with Gasteiger partial charge in [-0.3, -0.25) is 4.79 Å². The number of carbonyl (C=O) groups excluding carboxylic acids is 1. The number of unbranched alkanes of at least 4 members (excludes halogenated alkanes) is 6. The van der Waals surface area contributed by atoms with E-state index in [1.54, 1.807) is 0 Å². The average molecular weight is 206 g/mol. The van der Waals surface area contributed by atoms with Crippen molar-refractivity contribution in [2.45, 2.75) is 58.3 Å². The molecule has 0 spiro atoms. The molecule has 0 atom stereocenters. The zero-order valence-electron chi connectivity index (χ0n) is 9.01. The Labute approximate surface area is 87.5 Å². The molecule has 0 aliphatic carbocycles. The van der Waals surface area contributed by atoms with Crippen LogP contribution in [0.2, 0.25) is 0 Å². The normalized spacial score (nSPS) is 9.38. The molecule has 80 valence electrons. The maximum absolute atomic E-state index is 10.4. The van der Waals surface area contributed by atoms with Gasteiger partial charge in [-0.15, -0.1) is 12.6 Å². The minimum Gasteiger partial charge on any atom is -0.369 e.